The maximum absolute atomic E-state index is 5.81. The Hall–Kier alpha value is -1.06. The summed E-state index contributed by atoms with van der Waals surface area (Å²) >= 11 is 0. The highest BCUT2D eigenvalue weighted by molar-refractivity contribution is 5.42. The number of ether oxygens (including phenoxy) is 1. The van der Waals surface area contributed by atoms with Crippen molar-refractivity contribution in [2.45, 2.75) is 33.4 Å². The summed E-state index contributed by atoms with van der Waals surface area (Å²) in [5, 5.41) is 0. The molecule has 0 radical (unpaired) electrons. The summed E-state index contributed by atoms with van der Waals surface area (Å²) in [4.78, 5) is 2.23. The molecular weight excluding hydrogens is 212 g/mol. The number of likely N-dealkylation sites (N-methyl/N-ethyl adjacent to an activating group) is 1. The van der Waals surface area contributed by atoms with E-state index in [4.69, 9.17) is 10.5 Å². The first-order chi connectivity index (χ1) is 7.93. The van der Waals surface area contributed by atoms with Gasteiger partial charge in [-0.15, -0.1) is 0 Å². The van der Waals surface area contributed by atoms with Crippen molar-refractivity contribution in [1.29, 1.82) is 0 Å². The quantitative estimate of drug-likeness (QED) is 0.851. The van der Waals surface area contributed by atoms with Crippen molar-refractivity contribution in [3.63, 3.8) is 0 Å². The second kappa shape index (κ2) is 6.03. The Morgan fingerprint density at radius 2 is 2.00 bits per heavy atom. The lowest BCUT2D eigenvalue weighted by Crippen LogP contribution is -2.32. The van der Waals surface area contributed by atoms with Crippen LogP contribution in [0.2, 0.25) is 0 Å². The molecule has 1 atom stereocenters. The molecule has 0 saturated heterocycles. The van der Waals surface area contributed by atoms with E-state index < -0.39 is 0 Å². The molecule has 2 N–H and O–H groups in total. The highest BCUT2D eigenvalue weighted by atomic mass is 16.5. The number of rotatable bonds is 5. The van der Waals surface area contributed by atoms with Gasteiger partial charge >= 0.3 is 0 Å². The molecule has 1 rings (SSSR count). The minimum absolute atomic E-state index is 0.191. The number of aryl methyl sites for hydroxylation is 2. The van der Waals surface area contributed by atoms with Gasteiger partial charge in [-0.05, 0) is 45.0 Å². The minimum Gasteiger partial charge on any atom is -0.496 e. The van der Waals surface area contributed by atoms with Gasteiger partial charge in [0.1, 0.15) is 5.75 Å². The summed E-state index contributed by atoms with van der Waals surface area (Å²) in [5.74, 6) is 0.971. The molecule has 0 aliphatic carbocycles. The van der Waals surface area contributed by atoms with Crippen LogP contribution < -0.4 is 10.5 Å². The highest BCUT2D eigenvalue weighted by Crippen LogP contribution is 2.25. The van der Waals surface area contributed by atoms with E-state index in [2.05, 4.69) is 37.9 Å². The lowest BCUT2D eigenvalue weighted by molar-refractivity contribution is 0.302. The van der Waals surface area contributed by atoms with Crippen molar-refractivity contribution in [3.8, 4) is 5.75 Å². The van der Waals surface area contributed by atoms with Crippen molar-refractivity contribution in [2.75, 3.05) is 20.7 Å². The number of nitrogens with two attached hydrogens (primary N) is 1. The van der Waals surface area contributed by atoms with E-state index in [1.54, 1.807) is 7.11 Å². The molecule has 1 aromatic carbocycles. The Balaban J connectivity index is 2.89. The van der Waals surface area contributed by atoms with E-state index in [9.17, 15) is 0 Å². The fourth-order valence-corrected chi connectivity index (χ4v) is 2.17. The van der Waals surface area contributed by atoms with E-state index in [0.717, 1.165) is 18.8 Å². The first-order valence-corrected chi connectivity index (χ1v) is 6.02. The largest absolute Gasteiger partial charge is 0.496 e. The third kappa shape index (κ3) is 4.02. The van der Waals surface area contributed by atoms with Crippen LogP contribution in [0.4, 0.5) is 0 Å². The Bertz CT molecular complexity index is 375. The van der Waals surface area contributed by atoms with Crippen molar-refractivity contribution in [2.24, 2.45) is 5.73 Å². The minimum atomic E-state index is 0.191. The molecule has 3 heteroatoms. The molecule has 0 fully saturated rings. The van der Waals surface area contributed by atoms with Crippen LogP contribution in [0, 0.1) is 13.8 Å². The highest BCUT2D eigenvalue weighted by Gasteiger charge is 2.11. The van der Waals surface area contributed by atoms with Gasteiger partial charge in [-0.2, -0.15) is 0 Å². The normalized spacial score (nSPS) is 12.9. The predicted octanol–water partition coefficient (Wildman–Crippen LogP) is 2.09. The molecule has 1 aromatic rings. The monoisotopic (exact) mass is 236 g/mol. The van der Waals surface area contributed by atoms with Crippen LogP contribution in [0.1, 0.15) is 23.6 Å². The molecule has 0 heterocycles. The molecule has 0 aromatic heterocycles. The van der Waals surface area contributed by atoms with Gasteiger partial charge in [0.05, 0.1) is 7.11 Å². The van der Waals surface area contributed by atoms with Crippen LogP contribution in [0.3, 0.4) is 0 Å². The first-order valence-electron chi connectivity index (χ1n) is 6.02. The lowest BCUT2D eigenvalue weighted by atomic mass is 10.0. The zero-order chi connectivity index (χ0) is 13.0. The summed E-state index contributed by atoms with van der Waals surface area (Å²) < 4.78 is 5.45. The topological polar surface area (TPSA) is 38.5 Å². The third-order valence-electron chi connectivity index (χ3n) is 2.82. The molecular formula is C14H24N2O. The number of benzene rings is 1. The van der Waals surface area contributed by atoms with Gasteiger partial charge < -0.3 is 15.4 Å². The van der Waals surface area contributed by atoms with Crippen LogP contribution in [0.15, 0.2) is 12.1 Å². The van der Waals surface area contributed by atoms with Crippen LogP contribution in [0.5, 0.6) is 5.75 Å². The van der Waals surface area contributed by atoms with Crippen LogP contribution in [0.25, 0.3) is 0 Å². The molecule has 0 aliphatic heterocycles. The van der Waals surface area contributed by atoms with Crippen molar-refractivity contribution >= 4 is 0 Å². The average Bonchev–Trinajstić information content (AvgIpc) is 2.20. The first kappa shape index (κ1) is 14.0. The second-order valence-corrected chi connectivity index (χ2v) is 4.94. The van der Waals surface area contributed by atoms with Gasteiger partial charge in [-0.3, -0.25) is 0 Å². The maximum atomic E-state index is 5.81. The van der Waals surface area contributed by atoms with Crippen molar-refractivity contribution in [1.82, 2.24) is 4.90 Å². The lowest BCUT2D eigenvalue weighted by Gasteiger charge is -2.22. The van der Waals surface area contributed by atoms with Crippen molar-refractivity contribution in [3.05, 3.63) is 28.8 Å². The Kier molecular flexibility index (Phi) is 4.97. The van der Waals surface area contributed by atoms with Crippen molar-refractivity contribution < 1.29 is 4.74 Å². The van der Waals surface area contributed by atoms with Gasteiger partial charge in [0.15, 0.2) is 0 Å². The number of hydrogen-bond donors (Lipinski definition) is 1. The molecule has 0 spiro atoms. The fourth-order valence-electron chi connectivity index (χ4n) is 2.17. The van der Waals surface area contributed by atoms with Gasteiger partial charge in [0.2, 0.25) is 0 Å². The van der Waals surface area contributed by atoms with E-state index in [-0.39, 0.29) is 6.04 Å². The summed E-state index contributed by atoms with van der Waals surface area (Å²) in [6, 6.07) is 4.47. The predicted molar refractivity (Wildman–Crippen MR) is 72.5 cm³/mol. The second-order valence-electron chi connectivity index (χ2n) is 4.94. The van der Waals surface area contributed by atoms with E-state index >= 15 is 0 Å². The van der Waals surface area contributed by atoms with Gasteiger partial charge in [-0.1, -0.05) is 6.07 Å². The third-order valence-corrected chi connectivity index (χ3v) is 2.82. The molecule has 17 heavy (non-hydrogen) atoms. The molecule has 1 unspecified atom stereocenters. The average molecular weight is 236 g/mol. The smallest absolute Gasteiger partial charge is 0.123 e. The number of nitrogens with zero attached hydrogens (tertiary/aromatic N) is 1. The fraction of sp³-hybridized carbons (Fsp3) is 0.571. The Labute approximate surface area is 105 Å². The maximum Gasteiger partial charge on any atom is 0.123 e. The molecule has 3 nitrogen and oxygen atoms in total. The SMILES string of the molecule is COc1cc(C)cc(C)c1CN(C)CC(C)N. The summed E-state index contributed by atoms with van der Waals surface area (Å²) in [5.41, 5.74) is 9.57. The van der Waals surface area contributed by atoms with E-state index in [0.29, 0.717) is 0 Å². The molecule has 0 bridgehead atoms. The Morgan fingerprint density at radius 1 is 1.35 bits per heavy atom. The summed E-state index contributed by atoms with van der Waals surface area (Å²) in [6.45, 7) is 8.00. The zero-order valence-electron chi connectivity index (χ0n) is 11.6. The molecule has 0 saturated carbocycles. The molecule has 96 valence electrons. The van der Waals surface area contributed by atoms with Gasteiger partial charge in [0, 0.05) is 24.7 Å². The van der Waals surface area contributed by atoms with Crippen LogP contribution >= 0.6 is 0 Å². The number of hydrogen-bond acceptors (Lipinski definition) is 3. The summed E-state index contributed by atoms with van der Waals surface area (Å²) in [6.07, 6.45) is 0. The Morgan fingerprint density at radius 3 is 2.53 bits per heavy atom. The van der Waals surface area contributed by atoms with Crippen LogP contribution in [-0.4, -0.2) is 31.6 Å². The zero-order valence-corrected chi connectivity index (χ0v) is 11.6. The van der Waals surface area contributed by atoms with E-state index in [1.165, 1.54) is 16.7 Å². The molecule has 0 aliphatic rings. The molecule has 0 amide bonds. The van der Waals surface area contributed by atoms with Gasteiger partial charge in [0.25, 0.3) is 0 Å². The standard InChI is InChI=1S/C14H24N2O/c1-10-6-11(2)13(14(7-10)17-5)9-16(4)8-12(3)15/h6-7,12H,8-9,15H2,1-5H3. The van der Waals surface area contributed by atoms with Crippen LogP contribution in [-0.2, 0) is 6.54 Å². The summed E-state index contributed by atoms with van der Waals surface area (Å²) in [7, 11) is 3.81. The number of methoxy groups -OCH3 is 1. The van der Waals surface area contributed by atoms with Gasteiger partial charge in [-0.25, -0.2) is 0 Å². The van der Waals surface area contributed by atoms with E-state index in [1.807, 2.05) is 6.92 Å².